The van der Waals surface area contributed by atoms with E-state index in [2.05, 4.69) is 30.8 Å². The Bertz CT molecular complexity index is 992. The molecule has 0 bridgehead atoms. The van der Waals surface area contributed by atoms with Gasteiger partial charge in [-0.3, -0.25) is 4.79 Å². The van der Waals surface area contributed by atoms with Crippen LogP contribution in [0.4, 0.5) is 5.69 Å². The highest BCUT2D eigenvalue weighted by Crippen LogP contribution is 2.30. The number of amides is 1. The van der Waals surface area contributed by atoms with Crippen LogP contribution in [-0.4, -0.2) is 20.6 Å². The number of anilines is 1. The smallest absolute Gasteiger partial charge is 0.241 e. The molecule has 0 spiro atoms. The van der Waals surface area contributed by atoms with Crippen molar-refractivity contribution >= 4 is 33.4 Å². The van der Waals surface area contributed by atoms with Gasteiger partial charge in [0.25, 0.3) is 0 Å². The van der Waals surface area contributed by atoms with Crippen LogP contribution in [0.3, 0.4) is 0 Å². The van der Waals surface area contributed by atoms with Crippen LogP contribution in [0.1, 0.15) is 58.7 Å². The quantitative estimate of drug-likeness (QED) is 0.561. The second-order valence-corrected chi connectivity index (χ2v) is 11.3. The molecule has 0 aromatic heterocycles. The summed E-state index contributed by atoms with van der Waals surface area (Å²) in [5.41, 5.74) is 2.63. The van der Waals surface area contributed by atoms with E-state index in [1.807, 2.05) is 37.4 Å². The van der Waals surface area contributed by atoms with Crippen molar-refractivity contribution < 1.29 is 13.2 Å². The first-order valence-corrected chi connectivity index (χ1v) is 12.7. The molecule has 0 aliphatic heterocycles. The molecule has 0 fully saturated rings. The molecule has 2 aromatic rings. The van der Waals surface area contributed by atoms with Crippen LogP contribution in [0.25, 0.3) is 0 Å². The first-order chi connectivity index (χ1) is 13.8. The summed E-state index contributed by atoms with van der Waals surface area (Å²) in [4.78, 5) is 13.1. The Balaban J connectivity index is 2.27. The number of hydrogen-bond acceptors (Lipinski definition) is 4. The van der Waals surface area contributed by atoms with Crippen LogP contribution >= 0.6 is 11.8 Å². The lowest BCUT2D eigenvalue weighted by Gasteiger charge is -2.21. The van der Waals surface area contributed by atoms with Crippen molar-refractivity contribution in [3.63, 3.8) is 0 Å². The number of hydrogen-bond donors (Lipinski definition) is 2. The van der Waals surface area contributed by atoms with E-state index in [1.54, 1.807) is 26.0 Å². The molecule has 0 unspecified atom stereocenters. The predicted octanol–water partition coefficient (Wildman–Crippen LogP) is 5.34. The van der Waals surface area contributed by atoms with E-state index in [4.69, 9.17) is 0 Å². The van der Waals surface area contributed by atoms with Gasteiger partial charge in [-0.05, 0) is 47.9 Å². The minimum absolute atomic E-state index is 0.0388. The second kappa shape index (κ2) is 9.54. The number of carbonyl (C=O) groups is 1. The molecule has 5 nitrogen and oxygen atoms in total. The van der Waals surface area contributed by atoms with E-state index < -0.39 is 16.1 Å². The molecule has 0 aliphatic carbocycles. The van der Waals surface area contributed by atoms with Gasteiger partial charge >= 0.3 is 0 Å². The Morgan fingerprint density at radius 2 is 1.60 bits per heavy atom. The standard InChI is InChI=1S/C23H32N2O3S2/c1-15(2)22(26)24-20-14-19(12-13-21(20)29-7)30(27,28)25-16(3)17-8-10-18(11-9-17)23(4,5)6/h8-16,25H,1-7H3,(H,24,26)/t16-/m0/s1. The van der Waals surface area contributed by atoms with Crippen molar-refractivity contribution in [1.29, 1.82) is 0 Å². The molecule has 0 aliphatic rings. The van der Waals surface area contributed by atoms with Crippen LogP contribution in [0.15, 0.2) is 52.3 Å². The Kier molecular flexibility index (Phi) is 7.77. The molecule has 2 rings (SSSR count). The molecule has 7 heteroatoms. The minimum Gasteiger partial charge on any atom is -0.325 e. The summed E-state index contributed by atoms with van der Waals surface area (Å²) in [7, 11) is -3.76. The lowest BCUT2D eigenvalue weighted by molar-refractivity contribution is -0.118. The van der Waals surface area contributed by atoms with Crippen molar-refractivity contribution in [2.24, 2.45) is 5.92 Å². The molecule has 30 heavy (non-hydrogen) atoms. The Morgan fingerprint density at radius 3 is 2.10 bits per heavy atom. The molecule has 164 valence electrons. The van der Waals surface area contributed by atoms with E-state index in [1.165, 1.54) is 23.4 Å². The van der Waals surface area contributed by atoms with E-state index in [-0.39, 0.29) is 22.1 Å². The van der Waals surface area contributed by atoms with Gasteiger partial charge in [0.05, 0.1) is 10.6 Å². The molecule has 1 atom stereocenters. The summed E-state index contributed by atoms with van der Waals surface area (Å²) < 4.78 is 28.7. The summed E-state index contributed by atoms with van der Waals surface area (Å²) >= 11 is 1.45. The van der Waals surface area contributed by atoms with E-state index in [0.29, 0.717) is 5.69 Å². The third kappa shape index (κ3) is 6.09. The Hall–Kier alpha value is -1.83. The third-order valence-corrected chi connectivity index (χ3v) is 7.21. The van der Waals surface area contributed by atoms with Gasteiger partial charge in [0.1, 0.15) is 0 Å². The van der Waals surface area contributed by atoms with E-state index >= 15 is 0 Å². The molecule has 0 saturated heterocycles. The van der Waals surface area contributed by atoms with Gasteiger partial charge in [0, 0.05) is 16.9 Å². The van der Waals surface area contributed by atoms with Gasteiger partial charge < -0.3 is 5.32 Å². The minimum atomic E-state index is -3.76. The number of benzene rings is 2. The lowest BCUT2D eigenvalue weighted by Crippen LogP contribution is -2.27. The van der Waals surface area contributed by atoms with Crippen molar-refractivity contribution in [2.45, 2.75) is 62.8 Å². The molecule has 2 N–H and O–H groups in total. The summed E-state index contributed by atoms with van der Waals surface area (Å²) in [6.07, 6.45) is 1.89. The number of carbonyl (C=O) groups excluding carboxylic acids is 1. The maximum Gasteiger partial charge on any atom is 0.241 e. The van der Waals surface area contributed by atoms with Gasteiger partial charge in [0.2, 0.25) is 15.9 Å². The normalized spacial score (nSPS) is 13.3. The summed E-state index contributed by atoms with van der Waals surface area (Å²) in [6.45, 7) is 11.8. The van der Waals surface area contributed by atoms with Gasteiger partial charge in [-0.1, -0.05) is 58.9 Å². The SMILES string of the molecule is CSc1ccc(S(=O)(=O)N[C@@H](C)c2ccc(C(C)(C)C)cc2)cc1NC(=O)C(C)C. The van der Waals surface area contributed by atoms with Gasteiger partial charge in [0.15, 0.2) is 0 Å². The second-order valence-electron chi connectivity index (χ2n) is 8.72. The maximum atomic E-state index is 13.0. The first kappa shape index (κ1) is 24.4. The van der Waals surface area contributed by atoms with E-state index in [0.717, 1.165) is 10.5 Å². The highest BCUT2D eigenvalue weighted by Gasteiger charge is 2.21. The zero-order valence-electron chi connectivity index (χ0n) is 18.7. The highest BCUT2D eigenvalue weighted by molar-refractivity contribution is 7.98. The molecule has 0 radical (unpaired) electrons. The molecule has 2 aromatic carbocycles. The highest BCUT2D eigenvalue weighted by atomic mass is 32.2. The summed E-state index contributed by atoms with van der Waals surface area (Å²) in [5, 5.41) is 2.83. The van der Waals surface area contributed by atoms with Crippen LogP contribution in [-0.2, 0) is 20.2 Å². The average molecular weight is 449 g/mol. The third-order valence-electron chi connectivity index (χ3n) is 4.87. The van der Waals surface area contributed by atoms with Crippen molar-refractivity contribution in [3.05, 3.63) is 53.6 Å². The van der Waals surface area contributed by atoms with Crippen LogP contribution in [0.2, 0.25) is 0 Å². The predicted molar refractivity (Wildman–Crippen MR) is 126 cm³/mol. The topological polar surface area (TPSA) is 75.3 Å². The summed E-state index contributed by atoms with van der Waals surface area (Å²) in [5.74, 6) is -0.353. The fourth-order valence-corrected chi connectivity index (χ4v) is 4.66. The molecule has 0 heterocycles. The number of nitrogens with one attached hydrogen (secondary N) is 2. The van der Waals surface area contributed by atoms with Crippen LogP contribution in [0.5, 0.6) is 0 Å². The van der Waals surface area contributed by atoms with E-state index in [9.17, 15) is 13.2 Å². The van der Waals surface area contributed by atoms with Gasteiger partial charge in [-0.2, -0.15) is 0 Å². The van der Waals surface area contributed by atoms with Crippen LogP contribution in [0, 0.1) is 5.92 Å². The van der Waals surface area contributed by atoms with Gasteiger partial charge in [-0.15, -0.1) is 11.8 Å². The van der Waals surface area contributed by atoms with Crippen molar-refractivity contribution in [1.82, 2.24) is 4.72 Å². The molecule has 0 saturated carbocycles. The number of sulfonamides is 1. The fraction of sp³-hybridized carbons (Fsp3) is 0.435. The van der Waals surface area contributed by atoms with Crippen molar-refractivity contribution in [3.8, 4) is 0 Å². The van der Waals surface area contributed by atoms with Crippen molar-refractivity contribution in [2.75, 3.05) is 11.6 Å². The molecule has 1 amide bonds. The number of rotatable bonds is 7. The summed E-state index contributed by atoms with van der Waals surface area (Å²) in [6, 6.07) is 12.4. The maximum absolute atomic E-state index is 13.0. The zero-order chi connectivity index (χ0) is 22.7. The molecular weight excluding hydrogens is 416 g/mol. The van der Waals surface area contributed by atoms with Gasteiger partial charge in [-0.25, -0.2) is 13.1 Å². The Labute approximate surface area is 185 Å². The lowest BCUT2D eigenvalue weighted by atomic mass is 9.86. The zero-order valence-corrected chi connectivity index (χ0v) is 20.4. The fourth-order valence-electron chi connectivity index (χ4n) is 2.87. The molecular formula is C23H32N2O3S2. The largest absolute Gasteiger partial charge is 0.325 e. The average Bonchev–Trinajstić information content (AvgIpc) is 2.66. The first-order valence-electron chi connectivity index (χ1n) is 9.97. The van der Waals surface area contributed by atoms with Crippen LogP contribution < -0.4 is 10.0 Å². The Morgan fingerprint density at radius 1 is 1.00 bits per heavy atom. The number of thioether (sulfide) groups is 1. The monoisotopic (exact) mass is 448 g/mol.